The molecule has 35 heavy (non-hydrogen) atoms. The van der Waals surface area contributed by atoms with Crippen molar-refractivity contribution >= 4 is 28.8 Å². The third-order valence-electron chi connectivity index (χ3n) is 7.30. The minimum Gasteiger partial charge on any atom is -0.481 e. The number of para-hydroxylation sites is 1. The highest BCUT2D eigenvalue weighted by Gasteiger charge is 2.44. The number of aromatic nitrogens is 1. The molecule has 0 saturated heterocycles. The number of rotatable bonds is 9. The Morgan fingerprint density at radius 1 is 0.943 bits per heavy atom. The van der Waals surface area contributed by atoms with Crippen molar-refractivity contribution in [1.82, 2.24) is 9.47 Å². The van der Waals surface area contributed by atoms with Crippen LogP contribution in [0.1, 0.15) is 42.6 Å². The number of benzene rings is 2. The van der Waals surface area contributed by atoms with Gasteiger partial charge >= 0.3 is 17.9 Å². The van der Waals surface area contributed by atoms with Gasteiger partial charge in [0.05, 0.1) is 17.9 Å². The van der Waals surface area contributed by atoms with E-state index in [9.17, 15) is 29.7 Å². The van der Waals surface area contributed by atoms with Crippen LogP contribution in [0.4, 0.5) is 0 Å². The molecule has 4 unspecified atom stereocenters. The predicted molar refractivity (Wildman–Crippen MR) is 130 cm³/mol. The second kappa shape index (κ2) is 9.92. The molecule has 0 fully saturated rings. The van der Waals surface area contributed by atoms with Crippen LogP contribution in [-0.4, -0.2) is 48.7 Å². The molecular formula is C27H30N2O6. The van der Waals surface area contributed by atoms with Crippen LogP contribution in [-0.2, 0) is 34.4 Å². The topological polar surface area (TPSA) is 120 Å². The van der Waals surface area contributed by atoms with Crippen molar-refractivity contribution in [2.75, 3.05) is 0 Å². The fraction of sp³-hybridized carbons (Fsp3) is 0.370. The number of nitrogens with zero attached hydrogens (tertiary/aromatic N) is 2. The normalized spacial score (nSPS) is 19.7. The summed E-state index contributed by atoms with van der Waals surface area (Å²) in [6.07, 6.45) is 0.444. The van der Waals surface area contributed by atoms with Crippen LogP contribution in [0.15, 0.2) is 54.6 Å². The first-order valence-electron chi connectivity index (χ1n) is 11.8. The average molecular weight is 479 g/mol. The molecule has 4 rings (SSSR count). The van der Waals surface area contributed by atoms with E-state index in [-0.39, 0.29) is 19.3 Å². The Balaban J connectivity index is 1.90. The molecule has 0 amide bonds. The summed E-state index contributed by atoms with van der Waals surface area (Å²) in [7, 11) is 1.90. The molecule has 2 heterocycles. The van der Waals surface area contributed by atoms with Crippen molar-refractivity contribution in [3.63, 3.8) is 0 Å². The summed E-state index contributed by atoms with van der Waals surface area (Å²) in [5.74, 6) is -5.57. The number of fused-ring (bicyclic) bond motifs is 3. The molecule has 4 atom stereocenters. The molecule has 1 aliphatic heterocycles. The number of carbonyl (C=O) groups is 3. The summed E-state index contributed by atoms with van der Waals surface area (Å²) in [5, 5.41) is 31.0. The van der Waals surface area contributed by atoms with Gasteiger partial charge in [0.25, 0.3) is 0 Å². The van der Waals surface area contributed by atoms with Gasteiger partial charge in [0, 0.05) is 36.6 Å². The van der Waals surface area contributed by atoms with Gasteiger partial charge in [-0.15, -0.1) is 0 Å². The van der Waals surface area contributed by atoms with Gasteiger partial charge < -0.3 is 19.9 Å². The molecule has 1 aliphatic rings. The Morgan fingerprint density at radius 3 is 2.17 bits per heavy atom. The zero-order chi connectivity index (χ0) is 25.3. The predicted octanol–water partition coefficient (Wildman–Crippen LogP) is 3.93. The molecule has 0 radical (unpaired) electrons. The fourth-order valence-electron chi connectivity index (χ4n) is 5.62. The molecule has 0 saturated carbocycles. The van der Waals surface area contributed by atoms with Crippen molar-refractivity contribution in [2.24, 2.45) is 18.9 Å². The zero-order valence-corrected chi connectivity index (χ0v) is 19.8. The van der Waals surface area contributed by atoms with Gasteiger partial charge in [-0.05, 0) is 30.0 Å². The van der Waals surface area contributed by atoms with Crippen LogP contribution in [0.5, 0.6) is 0 Å². The molecule has 1 aromatic heterocycles. The van der Waals surface area contributed by atoms with Gasteiger partial charge in [-0.3, -0.25) is 19.3 Å². The van der Waals surface area contributed by atoms with Crippen LogP contribution in [0.25, 0.3) is 10.9 Å². The first-order valence-corrected chi connectivity index (χ1v) is 11.8. The third-order valence-corrected chi connectivity index (χ3v) is 7.30. The number of hydrogen-bond acceptors (Lipinski definition) is 4. The highest BCUT2D eigenvalue weighted by molar-refractivity contribution is 5.88. The summed E-state index contributed by atoms with van der Waals surface area (Å²) >= 11 is 0. The fourth-order valence-corrected chi connectivity index (χ4v) is 5.62. The molecule has 0 bridgehead atoms. The van der Waals surface area contributed by atoms with E-state index < -0.39 is 41.8 Å². The minimum atomic E-state index is -1.18. The number of carboxylic acid groups (broad SMARTS) is 3. The van der Waals surface area contributed by atoms with Crippen molar-refractivity contribution in [1.29, 1.82) is 0 Å². The Hall–Kier alpha value is -3.65. The van der Waals surface area contributed by atoms with Crippen LogP contribution in [0.2, 0.25) is 0 Å². The van der Waals surface area contributed by atoms with E-state index in [4.69, 9.17) is 0 Å². The van der Waals surface area contributed by atoms with Crippen molar-refractivity contribution < 1.29 is 29.7 Å². The second-order valence-corrected chi connectivity index (χ2v) is 9.21. The maximum atomic E-state index is 12.5. The molecule has 184 valence electrons. The molecule has 8 heteroatoms. The van der Waals surface area contributed by atoms with E-state index in [1.54, 1.807) is 6.92 Å². The molecule has 2 aromatic carbocycles. The lowest BCUT2D eigenvalue weighted by atomic mass is 9.80. The Kier molecular flexibility index (Phi) is 6.93. The van der Waals surface area contributed by atoms with E-state index in [2.05, 4.69) is 0 Å². The smallest absolute Gasteiger partial charge is 0.321 e. The highest BCUT2D eigenvalue weighted by atomic mass is 16.4. The van der Waals surface area contributed by atoms with Crippen LogP contribution < -0.4 is 0 Å². The Labute approximate surface area is 203 Å². The molecule has 3 aromatic rings. The largest absolute Gasteiger partial charge is 0.481 e. The number of hydrogen-bond donors (Lipinski definition) is 3. The lowest BCUT2D eigenvalue weighted by Gasteiger charge is -2.42. The van der Waals surface area contributed by atoms with E-state index in [0.717, 1.165) is 27.7 Å². The Bertz CT molecular complexity index is 1250. The SMILES string of the molecule is CCC(C(=O)O)C(CC1c2c(c3ccccc3n2C)CC(C(=O)O)N1Cc1ccccc1)C(=O)O. The van der Waals surface area contributed by atoms with E-state index in [0.29, 0.717) is 6.54 Å². The molecular weight excluding hydrogens is 448 g/mol. The summed E-state index contributed by atoms with van der Waals surface area (Å²) < 4.78 is 2.01. The lowest BCUT2D eigenvalue weighted by molar-refractivity contribution is -0.155. The van der Waals surface area contributed by atoms with E-state index in [1.165, 1.54) is 0 Å². The standard InChI is InChI=1S/C27H30N2O6/c1-3-17(25(30)31)20(26(32)33)14-22-24-19(18-11-7-8-12-21(18)28(24)2)13-23(27(34)35)29(22)15-16-9-5-4-6-10-16/h4-12,17,20,22-23H,3,13-15H2,1-2H3,(H,30,31)(H,32,33)(H,34,35). The summed E-state index contributed by atoms with van der Waals surface area (Å²) in [6.45, 7) is 1.97. The maximum Gasteiger partial charge on any atom is 0.321 e. The summed E-state index contributed by atoms with van der Waals surface area (Å²) in [5.41, 5.74) is 3.58. The van der Waals surface area contributed by atoms with Gasteiger partial charge in [-0.1, -0.05) is 55.5 Å². The molecule has 0 aliphatic carbocycles. The van der Waals surface area contributed by atoms with Gasteiger partial charge in [0.15, 0.2) is 0 Å². The van der Waals surface area contributed by atoms with Crippen LogP contribution in [0, 0.1) is 11.8 Å². The quantitative estimate of drug-likeness (QED) is 0.426. The average Bonchev–Trinajstić information content (AvgIpc) is 3.12. The summed E-state index contributed by atoms with van der Waals surface area (Å²) in [4.78, 5) is 38.6. The zero-order valence-electron chi connectivity index (χ0n) is 19.8. The molecule has 8 nitrogen and oxygen atoms in total. The van der Waals surface area contributed by atoms with Crippen LogP contribution >= 0.6 is 0 Å². The van der Waals surface area contributed by atoms with Crippen molar-refractivity contribution in [2.45, 2.75) is 44.8 Å². The highest BCUT2D eigenvalue weighted by Crippen LogP contribution is 2.44. The van der Waals surface area contributed by atoms with Gasteiger partial charge in [-0.25, -0.2) is 0 Å². The van der Waals surface area contributed by atoms with Gasteiger partial charge in [-0.2, -0.15) is 0 Å². The van der Waals surface area contributed by atoms with E-state index in [1.807, 2.05) is 71.1 Å². The first-order chi connectivity index (χ1) is 16.7. The van der Waals surface area contributed by atoms with Gasteiger partial charge in [0.1, 0.15) is 6.04 Å². The number of aliphatic carboxylic acids is 3. The van der Waals surface area contributed by atoms with Crippen molar-refractivity contribution in [3.05, 3.63) is 71.4 Å². The number of carboxylic acids is 3. The van der Waals surface area contributed by atoms with E-state index >= 15 is 0 Å². The van der Waals surface area contributed by atoms with Gasteiger partial charge in [0.2, 0.25) is 0 Å². The maximum absolute atomic E-state index is 12.5. The Morgan fingerprint density at radius 2 is 1.57 bits per heavy atom. The molecule has 0 spiro atoms. The minimum absolute atomic E-state index is 0.00604. The van der Waals surface area contributed by atoms with Crippen LogP contribution in [0.3, 0.4) is 0 Å². The number of aryl methyl sites for hydroxylation is 1. The lowest BCUT2D eigenvalue weighted by Crippen LogP contribution is -2.49. The third kappa shape index (κ3) is 4.53. The first kappa shape index (κ1) is 24.5. The monoisotopic (exact) mass is 478 g/mol. The van der Waals surface area contributed by atoms with Crippen molar-refractivity contribution in [3.8, 4) is 0 Å². The second-order valence-electron chi connectivity index (χ2n) is 9.21. The molecule has 3 N–H and O–H groups in total. The summed E-state index contributed by atoms with van der Waals surface area (Å²) in [6, 6.07) is 15.7.